The minimum Gasteiger partial charge on any atom is -0.388 e. The van der Waals surface area contributed by atoms with E-state index < -0.39 is 6.10 Å². The van der Waals surface area contributed by atoms with E-state index in [0.29, 0.717) is 10.9 Å². The Kier molecular flexibility index (Phi) is 5.06. The third-order valence-electron chi connectivity index (χ3n) is 4.06. The quantitative estimate of drug-likeness (QED) is 0.928. The minimum absolute atomic E-state index is 0.0338. The van der Waals surface area contributed by atoms with Gasteiger partial charge in [-0.25, -0.2) is 0 Å². The van der Waals surface area contributed by atoms with Crippen LogP contribution in [0.1, 0.15) is 44.8 Å². The summed E-state index contributed by atoms with van der Waals surface area (Å²) in [5.41, 5.74) is 0.737. The molecule has 1 heterocycles. The number of aliphatic hydroxyl groups is 1. The highest BCUT2D eigenvalue weighted by Gasteiger charge is 2.28. The Balaban J connectivity index is 1.98. The van der Waals surface area contributed by atoms with E-state index in [1.807, 2.05) is 4.90 Å². The van der Waals surface area contributed by atoms with Gasteiger partial charge in [-0.3, -0.25) is 4.79 Å². The maximum atomic E-state index is 12.3. The van der Waals surface area contributed by atoms with Crippen LogP contribution in [0.5, 0.6) is 0 Å². The zero-order chi connectivity index (χ0) is 14.7. The summed E-state index contributed by atoms with van der Waals surface area (Å²) >= 11 is 5.82. The molecule has 1 aliphatic rings. The van der Waals surface area contributed by atoms with Gasteiger partial charge in [0.05, 0.1) is 12.5 Å². The third-order valence-corrected chi connectivity index (χ3v) is 4.31. The zero-order valence-corrected chi connectivity index (χ0v) is 12.8. The summed E-state index contributed by atoms with van der Waals surface area (Å²) in [7, 11) is 0. The Hall–Kier alpha value is -1.06. The molecule has 3 nitrogen and oxygen atoms in total. The molecule has 1 aliphatic heterocycles. The molecule has 2 rings (SSSR count). The first kappa shape index (κ1) is 15.3. The lowest BCUT2D eigenvalue weighted by atomic mass is 9.94. The third kappa shape index (κ3) is 3.74. The van der Waals surface area contributed by atoms with Crippen LogP contribution in [0.3, 0.4) is 0 Å². The minimum atomic E-state index is -0.760. The molecule has 1 fully saturated rings. The maximum absolute atomic E-state index is 12.3. The highest BCUT2D eigenvalue weighted by atomic mass is 35.5. The topological polar surface area (TPSA) is 40.5 Å². The lowest BCUT2D eigenvalue weighted by Gasteiger charge is -2.37. The molecule has 1 amide bonds. The number of aliphatic hydroxyl groups excluding tert-OH is 1. The first-order chi connectivity index (χ1) is 9.47. The second-order valence-electron chi connectivity index (χ2n) is 5.85. The highest BCUT2D eigenvalue weighted by molar-refractivity contribution is 6.30. The monoisotopic (exact) mass is 295 g/mol. The van der Waals surface area contributed by atoms with Crippen LogP contribution in [-0.4, -0.2) is 28.5 Å². The molecule has 0 aromatic heterocycles. The molecule has 1 N–H and O–H groups in total. The van der Waals surface area contributed by atoms with Crippen LogP contribution < -0.4 is 0 Å². The van der Waals surface area contributed by atoms with Crippen LogP contribution in [0.2, 0.25) is 5.02 Å². The molecule has 0 bridgehead atoms. The van der Waals surface area contributed by atoms with Crippen LogP contribution in [-0.2, 0) is 4.79 Å². The van der Waals surface area contributed by atoms with Crippen LogP contribution in [0.15, 0.2) is 24.3 Å². The molecule has 3 unspecified atom stereocenters. The molecule has 20 heavy (non-hydrogen) atoms. The standard InChI is InChI=1S/C16H22ClNO2/c1-11-3-4-12(2)18(10-11)16(20)9-15(19)13-5-7-14(17)8-6-13/h5-8,11-12,15,19H,3-4,9-10H2,1-2H3. The van der Waals surface area contributed by atoms with Gasteiger partial charge in [-0.1, -0.05) is 30.7 Å². The molecule has 0 spiro atoms. The first-order valence-electron chi connectivity index (χ1n) is 7.20. The summed E-state index contributed by atoms with van der Waals surface area (Å²) in [4.78, 5) is 14.3. The van der Waals surface area contributed by atoms with Crippen molar-refractivity contribution >= 4 is 17.5 Å². The predicted octanol–water partition coefficient (Wildman–Crippen LogP) is 3.41. The van der Waals surface area contributed by atoms with Gasteiger partial charge in [0, 0.05) is 17.6 Å². The summed E-state index contributed by atoms with van der Waals surface area (Å²) in [6.07, 6.45) is 1.59. The number of halogens is 1. The molecule has 4 heteroatoms. The number of hydrogen-bond acceptors (Lipinski definition) is 2. The molecular weight excluding hydrogens is 274 g/mol. The molecule has 0 saturated carbocycles. The van der Waals surface area contributed by atoms with E-state index in [4.69, 9.17) is 11.6 Å². The van der Waals surface area contributed by atoms with Gasteiger partial charge in [-0.05, 0) is 43.4 Å². The molecule has 1 aromatic carbocycles. The van der Waals surface area contributed by atoms with Gasteiger partial charge in [-0.2, -0.15) is 0 Å². The van der Waals surface area contributed by atoms with E-state index in [0.717, 1.165) is 18.5 Å². The fraction of sp³-hybridized carbons (Fsp3) is 0.562. The summed E-state index contributed by atoms with van der Waals surface area (Å²) < 4.78 is 0. The Labute approximate surface area is 125 Å². The Bertz CT molecular complexity index is 460. The van der Waals surface area contributed by atoms with Gasteiger partial charge in [0.1, 0.15) is 0 Å². The van der Waals surface area contributed by atoms with Crippen molar-refractivity contribution in [3.63, 3.8) is 0 Å². The highest BCUT2D eigenvalue weighted by Crippen LogP contribution is 2.25. The number of benzene rings is 1. The summed E-state index contributed by atoms with van der Waals surface area (Å²) in [5, 5.41) is 10.8. The van der Waals surface area contributed by atoms with Gasteiger partial charge >= 0.3 is 0 Å². The van der Waals surface area contributed by atoms with Gasteiger partial charge in [0.15, 0.2) is 0 Å². The fourth-order valence-corrected chi connectivity index (χ4v) is 2.85. The number of hydrogen-bond donors (Lipinski definition) is 1. The van der Waals surface area contributed by atoms with E-state index >= 15 is 0 Å². The summed E-state index contributed by atoms with van der Waals surface area (Å²) in [6.45, 7) is 5.05. The van der Waals surface area contributed by atoms with Crippen molar-refractivity contribution in [3.8, 4) is 0 Å². The van der Waals surface area contributed by atoms with Crippen LogP contribution in [0.4, 0.5) is 0 Å². The lowest BCUT2D eigenvalue weighted by molar-refractivity contribution is -0.137. The average Bonchev–Trinajstić information content (AvgIpc) is 2.42. The van der Waals surface area contributed by atoms with Gasteiger partial charge in [0.2, 0.25) is 5.91 Å². The van der Waals surface area contributed by atoms with E-state index in [1.54, 1.807) is 24.3 Å². The van der Waals surface area contributed by atoms with Crippen molar-refractivity contribution in [1.82, 2.24) is 4.90 Å². The predicted molar refractivity (Wildman–Crippen MR) is 80.6 cm³/mol. The van der Waals surface area contributed by atoms with E-state index in [2.05, 4.69) is 13.8 Å². The lowest BCUT2D eigenvalue weighted by Crippen LogP contribution is -2.45. The molecule has 0 aliphatic carbocycles. The van der Waals surface area contributed by atoms with Crippen molar-refractivity contribution in [2.45, 2.75) is 45.3 Å². The Morgan fingerprint density at radius 3 is 2.65 bits per heavy atom. The Morgan fingerprint density at radius 1 is 1.35 bits per heavy atom. The van der Waals surface area contributed by atoms with Crippen molar-refractivity contribution in [1.29, 1.82) is 0 Å². The summed E-state index contributed by atoms with van der Waals surface area (Å²) in [5.74, 6) is 0.578. The second kappa shape index (κ2) is 6.59. The zero-order valence-electron chi connectivity index (χ0n) is 12.1. The number of carbonyl (C=O) groups excluding carboxylic acids is 1. The summed E-state index contributed by atoms with van der Waals surface area (Å²) in [6, 6.07) is 7.27. The Morgan fingerprint density at radius 2 is 2.00 bits per heavy atom. The molecule has 110 valence electrons. The SMILES string of the molecule is CC1CCC(C)N(C(=O)CC(O)c2ccc(Cl)cc2)C1. The molecular formula is C16H22ClNO2. The van der Waals surface area contributed by atoms with Crippen molar-refractivity contribution in [3.05, 3.63) is 34.9 Å². The number of rotatable bonds is 3. The molecule has 3 atom stereocenters. The number of carbonyl (C=O) groups is 1. The number of nitrogens with zero attached hydrogens (tertiary/aromatic N) is 1. The smallest absolute Gasteiger partial charge is 0.225 e. The largest absolute Gasteiger partial charge is 0.388 e. The van der Waals surface area contributed by atoms with Gasteiger partial charge in [0.25, 0.3) is 0 Å². The van der Waals surface area contributed by atoms with E-state index in [9.17, 15) is 9.90 Å². The second-order valence-corrected chi connectivity index (χ2v) is 6.29. The molecule has 1 saturated heterocycles. The van der Waals surface area contributed by atoms with Crippen LogP contribution >= 0.6 is 11.6 Å². The first-order valence-corrected chi connectivity index (χ1v) is 7.58. The van der Waals surface area contributed by atoms with Crippen molar-refractivity contribution < 1.29 is 9.90 Å². The molecule has 1 aromatic rings. The number of likely N-dealkylation sites (tertiary alicyclic amines) is 1. The normalized spacial score (nSPS) is 24.5. The maximum Gasteiger partial charge on any atom is 0.225 e. The fourth-order valence-electron chi connectivity index (χ4n) is 2.72. The number of amides is 1. The van der Waals surface area contributed by atoms with Crippen LogP contribution in [0.25, 0.3) is 0 Å². The van der Waals surface area contributed by atoms with Gasteiger partial charge < -0.3 is 10.0 Å². The number of piperidine rings is 1. The molecule has 0 radical (unpaired) electrons. The van der Waals surface area contributed by atoms with E-state index in [1.165, 1.54) is 6.42 Å². The van der Waals surface area contributed by atoms with E-state index in [-0.39, 0.29) is 18.4 Å². The average molecular weight is 296 g/mol. The van der Waals surface area contributed by atoms with Crippen molar-refractivity contribution in [2.24, 2.45) is 5.92 Å². The van der Waals surface area contributed by atoms with Crippen LogP contribution in [0, 0.1) is 5.92 Å². The van der Waals surface area contributed by atoms with Gasteiger partial charge in [-0.15, -0.1) is 0 Å². The van der Waals surface area contributed by atoms with Crippen molar-refractivity contribution in [2.75, 3.05) is 6.54 Å².